The summed E-state index contributed by atoms with van der Waals surface area (Å²) in [6.07, 6.45) is -0.0636. The Morgan fingerprint density at radius 3 is 2.05 bits per heavy atom. The van der Waals surface area contributed by atoms with Crippen LogP contribution in [0.25, 0.3) is 0 Å². The Kier molecular flexibility index (Phi) is 4.66. The Bertz CT molecular complexity index is 700. The van der Waals surface area contributed by atoms with Gasteiger partial charge in [0.05, 0.1) is 6.42 Å². The maximum Gasteiger partial charge on any atom is 0.171 e. The van der Waals surface area contributed by atoms with E-state index in [2.05, 4.69) is 20.8 Å². The molecule has 0 saturated heterocycles. The zero-order valence-corrected chi connectivity index (χ0v) is 14.6. The number of Topliss-reactive ketones (excluding diaryl/α,β-unsaturated/α-hetero) is 2. The van der Waals surface area contributed by atoms with Crippen molar-refractivity contribution >= 4 is 22.9 Å². The second kappa shape index (κ2) is 6.17. The van der Waals surface area contributed by atoms with Gasteiger partial charge in [0.1, 0.15) is 0 Å². The average Bonchev–Trinajstić information content (AvgIpc) is 2.77. The number of hydrogen-bond donors (Lipinski definition) is 0. The number of ketones is 2. The maximum absolute atomic E-state index is 12.3. The van der Waals surface area contributed by atoms with Gasteiger partial charge in [0.2, 0.25) is 0 Å². The lowest BCUT2D eigenvalue weighted by molar-refractivity contribution is 0.0894. The van der Waals surface area contributed by atoms with Crippen LogP contribution in [0.1, 0.15) is 63.2 Å². The first-order valence-electron chi connectivity index (χ1n) is 7.42. The molecule has 0 atom stereocenters. The molecule has 1 aromatic carbocycles. The van der Waals surface area contributed by atoms with Crippen molar-refractivity contribution in [3.63, 3.8) is 0 Å². The van der Waals surface area contributed by atoms with Crippen LogP contribution in [0, 0.1) is 13.8 Å². The third kappa shape index (κ3) is 3.72. The number of aryl methyl sites for hydroxylation is 2. The van der Waals surface area contributed by atoms with Crippen LogP contribution < -0.4 is 0 Å². The van der Waals surface area contributed by atoms with Gasteiger partial charge in [-0.25, -0.2) is 0 Å². The zero-order valence-electron chi connectivity index (χ0n) is 13.8. The molecule has 22 heavy (non-hydrogen) atoms. The van der Waals surface area contributed by atoms with Crippen LogP contribution in [0.4, 0.5) is 0 Å². The summed E-state index contributed by atoms with van der Waals surface area (Å²) in [6.45, 7) is 10.3. The van der Waals surface area contributed by atoms with Crippen LogP contribution in [0.5, 0.6) is 0 Å². The van der Waals surface area contributed by atoms with Crippen LogP contribution in [-0.4, -0.2) is 11.6 Å². The molecule has 0 bridgehead atoms. The van der Waals surface area contributed by atoms with E-state index in [4.69, 9.17) is 0 Å². The molecule has 2 rings (SSSR count). The van der Waals surface area contributed by atoms with Gasteiger partial charge in [0.25, 0.3) is 0 Å². The molecule has 0 saturated carbocycles. The number of benzene rings is 1. The Morgan fingerprint density at radius 2 is 1.59 bits per heavy atom. The van der Waals surface area contributed by atoms with E-state index in [1.165, 1.54) is 5.56 Å². The predicted octanol–water partition coefficient (Wildman–Crippen LogP) is 5.12. The van der Waals surface area contributed by atoms with Gasteiger partial charge < -0.3 is 0 Å². The van der Waals surface area contributed by atoms with Crippen molar-refractivity contribution in [3.05, 3.63) is 56.8 Å². The Balaban J connectivity index is 2.12. The molecule has 0 aliphatic carbocycles. The second-order valence-electron chi connectivity index (χ2n) is 6.68. The Morgan fingerprint density at radius 1 is 1.00 bits per heavy atom. The van der Waals surface area contributed by atoms with Crippen LogP contribution in [0.3, 0.4) is 0 Å². The minimum Gasteiger partial charge on any atom is -0.294 e. The summed E-state index contributed by atoms with van der Waals surface area (Å²) in [5.74, 6) is -0.208. The lowest BCUT2D eigenvalue weighted by atomic mass is 9.86. The minimum atomic E-state index is -0.117. The van der Waals surface area contributed by atoms with Crippen molar-refractivity contribution in [2.45, 2.75) is 46.5 Å². The van der Waals surface area contributed by atoms with Crippen molar-refractivity contribution in [1.82, 2.24) is 0 Å². The molecule has 2 nitrogen and oxygen atoms in total. The number of rotatable bonds is 4. The fourth-order valence-corrected chi connectivity index (χ4v) is 3.35. The highest BCUT2D eigenvalue weighted by Gasteiger charge is 2.18. The smallest absolute Gasteiger partial charge is 0.171 e. The number of hydrogen-bond acceptors (Lipinski definition) is 3. The quantitative estimate of drug-likeness (QED) is 0.580. The van der Waals surface area contributed by atoms with Crippen LogP contribution in [0.15, 0.2) is 30.3 Å². The first-order chi connectivity index (χ1) is 10.2. The molecule has 1 aromatic heterocycles. The van der Waals surface area contributed by atoms with Gasteiger partial charge in [-0.05, 0) is 30.9 Å². The lowest BCUT2D eigenvalue weighted by Gasteiger charge is -2.18. The molecule has 0 spiro atoms. The third-order valence-electron chi connectivity index (χ3n) is 3.74. The number of thiophene rings is 1. The lowest BCUT2D eigenvalue weighted by Crippen LogP contribution is -2.12. The molecule has 0 aliphatic heterocycles. The van der Waals surface area contributed by atoms with Crippen LogP contribution in [-0.2, 0) is 5.41 Å². The fourth-order valence-electron chi connectivity index (χ4n) is 2.41. The van der Waals surface area contributed by atoms with Crippen LogP contribution in [0.2, 0.25) is 0 Å². The minimum absolute atomic E-state index is 0.0582. The van der Waals surface area contributed by atoms with Gasteiger partial charge in [-0.3, -0.25) is 9.59 Å². The summed E-state index contributed by atoms with van der Waals surface area (Å²) < 4.78 is 0. The van der Waals surface area contributed by atoms with E-state index >= 15 is 0 Å². The highest BCUT2D eigenvalue weighted by Crippen LogP contribution is 2.24. The normalized spacial score (nSPS) is 11.5. The molecule has 0 radical (unpaired) electrons. The maximum atomic E-state index is 12.3. The second-order valence-corrected chi connectivity index (χ2v) is 8.14. The third-order valence-corrected chi connectivity index (χ3v) is 4.70. The highest BCUT2D eigenvalue weighted by molar-refractivity contribution is 7.12. The first kappa shape index (κ1) is 16.6. The molecule has 2 aromatic rings. The number of carbonyl (C=O) groups is 2. The molecular formula is C19H22O2S. The Labute approximate surface area is 136 Å². The summed E-state index contributed by atoms with van der Waals surface area (Å²) in [5, 5.41) is 0. The molecule has 0 aliphatic rings. The van der Waals surface area contributed by atoms with Crippen LogP contribution >= 0.6 is 11.3 Å². The van der Waals surface area contributed by atoms with Crippen molar-refractivity contribution in [2.24, 2.45) is 0 Å². The number of carbonyl (C=O) groups excluding carboxylic acids is 2. The van der Waals surface area contributed by atoms with Crippen molar-refractivity contribution in [2.75, 3.05) is 0 Å². The van der Waals surface area contributed by atoms with Crippen molar-refractivity contribution in [1.29, 1.82) is 0 Å². The van der Waals surface area contributed by atoms with E-state index in [1.807, 2.05) is 44.2 Å². The molecule has 0 unspecified atom stereocenters. The fraction of sp³-hybridized carbons (Fsp3) is 0.368. The van der Waals surface area contributed by atoms with E-state index in [-0.39, 0.29) is 23.4 Å². The van der Waals surface area contributed by atoms with E-state index < -0.39 is 0 Å². The van der Waals surface area contributed by atoms with Gasteiger partial charge in [0, 0.05) is 20.9 Å². The SMILES string of the molecule is Cc1cc(C(=O)CC(=O)c2ccc(C(C)(C)C)cc2)c(C)s1. The van der Waals surface area contributed by atoms with Crippen molar-refractivity contribution in [3.8, 4) is 0 Å². The molecule has 3 heteroatoms. The van der Waals surface area contributed by atoms with E-state index in [0.29, 0.717) is 11.1 Å². The van der Waals surface area contributed by atoms with E-state index in [1.54, 1.807) is 11.3 Å². The first-order valence-corrected chi connectivity index (χ1v) is 8.24. The predicted molar refractivity (Wildman–Crippen MR) is 92.2 cm³/mol. The summed E-state index contributed by atoms with van der Waals surface area (Å²) in [7, 11) is 0. The van der Waals surface area contributed by atoms with Gasteiger partial charge in [0.15, 0.2) is 11.6 Å². The standard InChI is InChI=1S/C19H22O2S/c1-12-10-16(13(2)22-12)18(21)11-17(20)14-6-8-15(9-7-14)19(3,4)5/h6-10H,11H2,1-5H3. The molecule has 0 N–H and O–H groups in total. The van der Waals surface area contributed by atoms with Gasteiger partial charge >= 0.3 is 0 Å². The zero-order chi connectivity index (χ0) is 16.5. The summed E-state index contributed by atoms with van der Waals surface area (Å²) in [6, 6.07) is 9.46. The summed E-state index contributed by atoms with van der Waals surface area (Å²) in [4.78, 5) is 26.6. The molecular weight excluding hydrogens is 292 g/mol. The molecule has 0 amide bonds. The van der Waals surface area contributed by atoms with Crippen molar-refractivity contribution < 1.29 is 9.59 Å². The average molecular weight is 314 g/mol. The van der Waals surface area contributed by atoms with Gasteiger partial charge in [-0.1, -0.05) is 45.0 Å². The molecule has 1 heterocycles. The topological polar surface area (TPSA) is 34.1 Å². The van der Waals surface area contributed by atoms with E-state index in [0.717, 1.165) is 9.75 Å². The molecule has 0 fully saturated rings. The summed E-state index contributed by atoms with van der Waals surface area (Å²) in [5.41, 5.74) is 2.52. The van der Waals surface area contributed by atoms with Gasteiger partial charge in [-0.15, -0.1) is 11.3 Å². The monoisotopic (exact) mass is 314 g/mol. The largest absolute Gasteiger partial charge is 0.294 e. The summed E-state index contributed by atoms with van der Waals surface area (Å²) >= 11 is 1.59. The molecule has 116 valence electrons. The van der Waals surface area contributed by atoms with E-state index in [9.17, 15) is 9.59 Å². The van der Waals surface area contributed by atoms with Gasteiger partial charge in [-0.2, -0.15) is 0 Å². The Hall–Kier alpha value is -1.74. The highest BCUT2D eigenvalue weighted by atomic mass is 32.1.